The van der Waals surface area contributed by atoms with E-state index in [4.69, 9.17) is 15.2 Å². The number of fused-ring (bicyclic) bond motifs is 2. The van der Waals surface area contributed by atoms with Crippen LogP contribution >= 0.6 is 0 Å². The van der Waals surface area contributed by atoms with Crippen molar-refractivity contribution in [2.75, 3.05) is 36.5 Å². The van der Waals surface area contributed by atoms with Gasteiger partial charge in [0.1, 0.15) is 18.7 Å². The molecule has 1 heterocycles. The van der Waals surface area contributed by atoms with Gasteiger partial charge in [0.15, 0.2) is 0 Å². The number of carbonyl (C=O) groups is 7. The average molecular weight is 910 g/mol. The lowest BCUT2D eigenvalue weighted by Gasteiger charge is -2.30. The lowest BCUT2D eigenvalue weighted by Crippen LogP contribution is -2.55. The summed E-state index contributed by atoms with van der Waals surface area (Å²) in [5.74, 6) is -2.57. The van der Waals surface area contributed by atoms with Crippen molar-refractivity contribution in [1.29, 1.82) is 0 Å². The zero-order valence-corrected chi connectivity index (χ0v) is 39.3. The van der Waals surface area contributed by atoms with Gasteiger partial charge in [-0.25, -0.2) is 4.79 Å². The van der Waals surface area contributed by atoms with Gasteiger partial charge in [-0.2, -0.15) is 0 Å². The molecule has 356 valence electrons. The van der Waals surface area contributed by atoms with Crippen molar-refractivity contribution in [2.24, 2.45) is 22.5 Å². The van der Waals surface area contributed by atoms with Crippen LogP contribution in [0.1, 0.15) is 103 Å². The number of nitrogens with two attached hydrogens (primary N) is 1. The van der Waals surface area contributed by atoms with E-state index in [1.54, 1.807) is 43.0 Å². The van der Waals surface area contributed by atoms with E-state index in [1.807, 2.05) is 82.3 Å². The van der Waals surface area contributed by atoms with Gasteiger partial charge in [0.25, 0.3) is 0 Å². The van der Waals surface area contributed by atoms with Crippen LogP contribution in [-0.2, 0) is 51.4 Å². The van der Waals surface area contributed by atoms with E-state index in [0.717, 1.165) is 27.9 Å². The van der Waals surface area contributed by atoms with Gasteiger partial charge in [-0.1, -0.05) is 108 Å². The van der Waals surface area contributed by atoms with Crippen molar-refractivity contribution in [3.63, 3.8) is 0 Å². The molecule has 16 heteroatoms. The number of para-hydroxylation sites is 1. The van der Waals surface area contributed by atoms with Crippen molar-refractivity contribution in [3.8, 4) is 0 Å². The molecular formula is C50H67N7O9. The topological polar surface area (TPSA) is 227 Å². The molecule has 0 radical (unpaired) electrons. The molecule has 0 aromatic heterocycles. The first kappa shape index (κ1) is 52.1. The number of urea groups is 1. The fourth-order valence-corrected chi connectivity index (χ4v) is 7.20. The third-order valence-electron chi connectivity index (χ3n) is 10.8. The Morgan fingerprint density at radius 2 is 1.41 bits per heavy atom. The smallest absolute Gasteiger partial charge is 0.312 e. The van der Waals surface area contributed by atoms with Gasteiger partial charge < -0.3 is 46.7 Å². The van der Waals surface area contributed by atoms with Gasteiger partial charge in [0, 0.05) is 50.4 Å². The van der Waals surface area contributed by atoms with Crippen molar-refractivity contribution in [2.45, 2.75) is 106 Å². The van der Waals surface area contributed by atoms with Gasteiger partial charge in [-0.05, 0) is 64.6 Å². The van der Waals surface area contributed by atoms with Crippen molar-refractivity contribution in [1.82, 2.24) is 21.3 Å². The van der Waals surface area contributed by atoms with Crippen LogP contribution in [0.4, 0.5) is 16.2 Å². The lowest BCUT2D eigenvalue weighted by molar-refractivity contribution is -0.142. The SMILES string of the molecule is CC(=O)OCc1ccc(NC(=O)[C@H](CCCNC(N)=O)NC(=O)[C@@H](NC(=O)CC(C)(C)COCC(C)(C)CNC(=O)CCC(=O)N2Cc3ccccc3/C=C\c3ccccc32)C(C)C)cc1. The normalized spacial score (nSPS) is 13.7. The summed E-state index contributed by atoms with van der Waals surface area (Å²) < 4.78 is 11.1. The van der Waals surface area contributed by atoms with Crippen LogP contribution in [-0.4, -0.2) is 79.9 Å². The zero-order valence-electron chi connectivity index (χ0n) is 39.3. The highest BCUT2D eigenvalue weighted by Gasteiger charge is 2.32. The Labute approximate surface area is 388 Å². The Kier molecular flexibility index (Phi) is 19.5. The highest BCUT2D eigenvalue weighted by Crippen LogP contribution is 2.30. The number of benzene rings is 3. The van der Waals surface area contributed by atoms with Crippen LogP contribution in [0.15, 0.2) is 72.8 Å². The van der Waals surface area contributed by atoms with Crippen LogP contribution in [0, 0.1) is 16.7 Å². The maximum atomic E-state index is 13.7. The number of hydrogen-bond donors (Lipinski definition) is 6. The molecule has 0 unspecified atom stereocenters. The van der Waals surface area contributed by atoms with Crippen LogP contribution < -0.4 is 37.2 Å². The molecule has 1 aliphatic rings. The van der Waals surface area contributed by atoms with Gasteiger partial charge in [-0.15, -0.1) is 0 Å². The number of esters is 1. The summed E-state index contributed by atoms with van der Waals surface area (Å²) in [4.78, 5) is 91.4. The van der Waals surface area contributed by atoms with E-state index in [0.29, 0.717) is 25.2 Å². The standard InChI is InChI=1S/C50H67N7O9/c1-33(2)45(47(63)55-40(16-12-26-52-48(51)64)46(62)54-39-22-18-35(19-23-39)29-66-34(3)58)56-43(60)27-49(4,5)31-65-32-50(6,7)30-53-42(59)24-25-44(61)57-28-38-15-9-8-13-36(38)20-21-37-14-10-11-17-41(37)57/h8-11,13-15,17-23,33,40,45H,12,16,24-32H2,1-7H3,(H,53,59)(H,54,62)(H,55,63)(H,56,60)(H3,51,52,64)/b21-20-/t40-,45-/m0/s1. The number of nitrogens with one attached hydrogen (secondary N) is 5. The Hall–Kier alpha value is -6.55. The van der Waals surface area contributed by atoms with Crippen molar-refractivity contribution < 1.29 is 43.0 Å². The van der Waals surface area contributed by atoms with E-state index in [9.17, 15) is 33.6 Å². The molecule has 0 bridgehead atoms. The van der Waals surface area contributed by atoms with E-state index in [-0.39, 0.29) is 75.7 Å². The lowest BCUT2D eigenvalue weighted by atomic mass is 9.89. The number of ether oxygens (including phenoxy) is 2. The molecule has 0 aliphatic carbocycles. The molecule has 2 atom stereocenters. The van der Waals surface area contributed by atoms with Crippen LogP contribution in [0.5, 0.6) is 0 Å². The number of nitrogens with zero attached hydrogens (tertiary/aromatic N) is 1. The Balaban J connectivity index is 1.24. The van der Waals surface area contributed by atoms with Crippen molar-refractivity contribution in [3.05, 3.63) is 95.1 Å². The minimum Gasteiger partial charge on any atom is -0.461 e. The summed E-state index contributed by atoms with van der Waals surface area (Å²) in [5.41, 5.74) is 9.05. The molecule has 0 fully saturated rings. The number of primary amides is 1. The fourth-order valence-electron chi connectivity index (χ4n) is 7.20. The van der Waals surface area contributed by atoms with Gasteiger partial charge in [0.05, 0.1) is 25.4 Å². The highest BCUT2D eigenvalue weighted by molar-refractivity contribution is 5.99. The van der Waals surface area contributed by atoms with Gasteiger partial charge >= 0.3 is 12.0 Å². The molecule has 4 rings (SSSR count). The minimum atomic E-state index is -1.02. The van der Waals surface area contributed by atoms with Crippen molar-refractivity contribution >= 4 is 65.1 Å². The summed E-state index contributed by atoms with van der Waals surface area (Å²) in [6.07, 6.45) is 4.65. The van der Waals surface area contributed by atoms with E-state index in [1.165, 1.54) is 6.92 Å². The van der Waals surface area contributed by atoms with Crippen LogP contribution in [0.25, 0.3) is 12.2 Å². The number of carbonyl (C=O) groups excluding carboxylic acids is 7. The van der Waals surface area contributed by atoms with Crippen LogP contribution in [0.2, 0.25) is 0 Å². The molecule has 7 amide bonds. The maximum absolute atomic E-state index is 13.7. The molecule has 7 N–H and O–H groups in total. The quantitative estimate of drug-likeness (QED) is 0.0496. The minimum absolute atomic E-state index is 0.0292. The van der Waals surface area contributed by atoms with E-state index < -0.39 is 46.7 Å². The molecule has 0 saturated carbocycles. The predicted octanol–water partition coefficient (Wildman–Crippen LogP) is 5.84. The van der Waals surface area contributed by atoms with Gasteiger partial charge in [0.2, 0.25) is 29.5 Å². The summed E-state index contributed by atoms with van der Waals surface area (Å²) in [5, 5.41) is 13.9. The molecular weight excluding hydrogens is 843 g/mol. The maximum Gasteiger partial charge on any atom is 0.312 e. The van der Waals surface area contributed by atoms with E-state index in [2.05, 4.69) is 32.7 Å². The third-order valence-corrected chi connectivity index (χ3v) is 10.8. The molecule has 0 spiro atoms. The van der Waals surface area contributed by atoms with Crippen LogP contribution in [0.3, 0.4) is 0 Å². The number of hydrogen-bond acceptors (Lipinski definition) is 9. The number of rotatable bonds is 23. The number of amides is 7. The second-order valence-electron chi connectivity index (χ2n) is 18.6. The first-order valence-electron chi connectivity index (χ1n) is 22.4. The fraction of sp³-hybridized carbons (Fsp3) is 0.460. The second-order valence-corrected chi connectivity index (χ2v) is 18.6. The average Bonchev–Trinajstić information content (AvgIpc) is 3.25. The monoisotopic (exact) mass is 910 g/mol. The Bertz CT molecular complexity index is 2200. The second kappa shape index (κ2) is 24.7. The molecule has 1 aliphatic heterocycles. The third kappa shape index (κ3) is 17.4. The molecule has 0 saturated heterocycles. The summed E-state index contributed by atoms with van der Waals surface area (Å²) >= 11 is 0. The first-order chi connectivity index (χ1) is 31.2. The molecule has 3 aromatic carbocycles. The molecule has 66 heavy (non-hydrogen) atoms. The molecule has 16 nitrogen and oxygen atoms in total. The first-order valence-corrected chi connectivity index (χ1v) is 22.4. The Morgan fingerprint density at radius 1 is 0.758 bits per heavy atom. The number of anilines is 2. The van der Waals surface area contributed by atoms with Gasteiger partial charge in [-0.3, -0.25) is 28.8 Å². The summed E-state index contributed by atoms with van der Waals surface area (Å²) in [6, 6.07) is 19.7. The summed E-state index contributed by atoms with van der Waals surface area (Å²) in [6.45, 7) is 14.0. The Morgan fingerprint density at radius 3 is 2.09 bits per heavy atom. The highest BCUT2D eigenvalue weighted by atomic mass is 16.5. The molecule has 3 aromatic rings. The zero-order chi connectivity index (χ0) is 48.4. The van der Waals surface area contributed by atoms with E-state index >= 15 is 0 Å². The summed E-state index contributed by atoms with van der Waals surface area (Å²) in [7, 11) is 0. The predicted molar refractivity (Wildman–Crippen MR) is 254 cm³/mol. The largest absolute Gasteiger partial charge is 0.461 e.